The molecule has 1 rings (SSSR count). The Morgan fingerprint density at radius 1 is 1.38 bits per heavy atom. The van der Waals surface area contributed by atoms with E-state index in [4.69, 9.17) is 0 Å². The highest BCUT2D eigenvalue weighted by molar-refractivity contribution is 5.78. The Labute approximate surface area is 77.7 Å². The van der Waals surface area contributed by atoms with Crippen LogP contribution < -0.4 is 5.32 Å². The fourth-order valence-corrected chi connectivity index (χ4v) is 1.02. The zero-order chi connectivity index (χ0) is 9.68. The summed E-state index contributed by atoms with van der Waals surface area (Å²) in [7, 11) is 1.38. The Balaban J connectivity index is 2.55. The topological polar surface area (TPSA) is 38.3 Å². The van der Waals surface area contributed by atoms with E-state index >= 15 is 0 Å². The molecule has 3 nitrogen and oxygen atoms in total. The van der Waals surface area contributed by atoms with E-state index in [1.165, 1.54) is 7.11 Å². The third-order valence-electron chi connectivity index (χ3n) is 1.71. The number of anilines is 1. The van der Waals surface area contributed by atoms with Gasteiger partial charge in [-0.05, 0) is 19.1 Å². The number of methoxy groups -OCH3 is 1. The monoisotopic (exact) mass is 179 g/mol. The maximum atomic E-state index is 11.0. The number of para-hydroxylation sites is 1. The van der Waals surface area contributed by atoms with Crippen LogP contribution in [0, 0.1) is 0 Å². The van der Waals surface area contributed by atoms with Crippen LogP contribution >= 0.6 is 0 Å². The molecule has 1 aromatic carbocycles. The van der Waals surface area contributed by atoms with Crippen LogP contribution in [0.25, 0.3) is 0 Å². The largest absolute Gasteiger partial charge is 0.467 e. The fourth-order valence-electron chi connectivity index (χ4n) is 1.02. The molecule has 0 unspecified atom stereocenters. The molecule has 70 valence electrons. The molecule has 1 atom stereocenters. The minimum absolute atomic E-state index is 0.260. The molecule has 0 aliphatic carbocycles. The zero-order valence-electron chi connectivity index (χ0n) is 7.78. The first-order valence-electron chi connectivity index (χ1n) is 4.13. The van der Waals surface area contributed by atoms with Gasteiger partial charge in [-0.25, -0.2) is 4.79 Å². The minimum Gasteiger partial charge on any atom is -0.467 e. The van der Waals surface area contributed by atoms with Crippen LogP contribution in [0.1, 0.15) is 6.92 Å². The van der Waals surface area contributed by atoms with Gasteiger partial charge in [-0.1, -0.05) is 18.2 Å². The third-order valence-corrected chi connectivity index (χ3v) is 1.71. The lowest BCUT2D eigenvalue weighted by Crippen LogP contribution is -2.26. The van der Waals surface area contributed by atoms with Crippen molar-refractivity contribution in [1.29, 1.82) is 0 Å². The summed E-state index contributed by atoms with van der Waals surface area (Å²) in [4.78, 5) is 11.0. The van der Waals surface area contributed by atoms with Gasteiger partial charge >= 0.3 is 5.97 Å². The number of carbonyl (C=O) groups excluding carboxylic acids is 1. The first-order valence-corrected chi connectivity index (χ1v) is 4.13. The van der Waals surface area contributed by atoms with Crippen LogP contribution in [0.5, 0.6) is 0 Å². The fraction of sp³-hybridized carbons (Fsp3) is 0.300. The Morgan fingerprint density at radius 2 is 2.00 bits per heavy atom. The number of nitrogens with one attached hydrogen (secondary N) is 1. The predicted molar refractivity (Wildman–Crippen MR) is 51.5 cm³/mol. The summed E-state index contributed by atoms with van der Waals surface area (Å²) < 4.78 is 4.58. The molecule has 0 radical (unpaired) electrons. The van der Waals surface area contributed by atoms with Gasteiger partial charge in [0.15, 0.2) is 0 Å². The van der Waals surface area contributed by atoms with E-state index in [2.05, 4.69) is 10.1 Å². The zero-order valence-corrected chi connectivity index (χ0v) is 7.78. The van der Waals surface area contributed by atoms with Gasteiger partial charge < -0.3 is 10.1 Å². The Kier molecular flexibility index (Phi) is 3.31. The highest BCUT2D eigenvalue weighted by Crippen LogP contribution is 2.07. The van der Waals surface area contributed by atoms with Crippen LogP contribution in [-0.4, -0.2) is 19.1 Å². The second-order valence-electron chi connectivity index (χ2n) is 2.76. The molecule has 0 amide bonds. The number of carbonyl (C=O) groups is 1. The highest BCUT2D eigenvalue weighted by atomic mass is 16.5. The summed E-state index contributed by atoms with van der Waals surface area (Å²) in [5.74, 6) is -0.260. The van der Waals surface area contributed by atoms with Crippen molar-refractivity contribution in [3.05, 3.63) is 30.3 Å². The molecule has 1 N–H and O–H groups in total. The Hall–Kier alpha value is -1.51. The molecular formula is C10H13NO2. The van der Waals surface area contributed by atoms with Gasteiger partial charge in [0.2, 0.25) is 0 Å². The van der Waals surface area contributed by atoms with Crippen molar-refractivity contribution in [3.63, 3.8) is 0 Å². The number of hydrogen-bond acceptors (Lipinski definition) is 3. The summed E-state index contributed by atoms with van der Waals surface area (Å²) in [6.07, 6.45) is 0. The molecule has 0 aromatic heterocycles. The SMILES string of the molecule is COC(=O)[C@H](C)Nc1ccccc1. The van der Waals surface area contributed by atoms with E-state index in [-0.39, 0.29) is 12.0 Å². The first-order chi connectivity index (χ1) is 6.24. The van der Waals surface area contributed by atoms with Crippen LogP contribution in [0.2, 0.25) is 0 Å². The first kappa shape index (κ1) is 9.58. The third kappa shape index (κ3) is 2.78. The van der Waals surface area contributed by atoms with Gasteiger partial charge in [0.25, 0.3) is 0 Å². The number of ether oxygens (including phenoxy) is 1. The van der Waals surface area contributed by atoms with Crippen molar-refractivity contribution in [1.82, 2.24) is 0 Å². The van der Waals surface area contributed by atoms with Gasteiger partial charge in [0.1, 0.15) is 6.04 Å². The lowest BCUT2D eigenvalue weighted by Gasteiger charge is -2.12. The van der Waals surface area contributed by atoms with Crippen LogP contribution in [0.3, 0.4) is 0 Å². The summed E-state index contributed by atoms with van der Waals surface area (Å²) in [5, 5.41) is 3.02. The van der Waals surface area contributed by atoms with Crippen molar-refractivity contribution < 1.29 is 9.53 Å². The lowest BCUT2D eigenvalue weighted by molar-refractivity contribution is -0.141. The highest BCUT2D eigenvalue weighted by Gasteiger charge is 2.11. The Bertz CT molecular complexity index is 272. The lowest BCUT2D eigenvalue weighted by atomic mass is 10.3. The molecule has 13 heavy (non-hydrogen) atoms. The molecule has 0 heterocycles. The predicted octanol–water partition coefficient (Wildman–Crippen LogP) is 1.66. The van der Waals surface area contributed by atoms with E-state index < -0.39 is 0 Å². The molecule has 0 saturated heterocycles. The van der Waals surface area contributed by atoms with Crippen molar-refractivity contribution in [2.45, 2.75) is 13.0 Å². The molecule has 0 spiro atoms. The smallest absolute Gasteiger partial charge is 0.327 e. The summed E-state index contributed by atoms with van der Waals surface area (Å²) in [5.41, 5.74) is 0.917. The van der Waals surface area contributed by atoms with Gasteiger partial charge in [-0.15, -0.1) is 0 Å². The van der Waals surface area contributed by atoms with Gasteiger partial charge in [0, 0.05) is 5.69 Å². The van der Waals surface area contributed by atoms with E-state index in [9.17, 15) is 4.79 Å². The number of esters is 1. The molecule has 1 aromatic rings. The summed E-state index contributed by atoms with van der Waals surface area (Å²) in [6.45, 7) is 1.76. The van der Waals surface area contributed by atoms with Gasteiger partial charge in [-0.2, -0.15) is 0 Å². The minimum atomic E-state index is -0.313. The number of benzene rings is 1. The standard InChI is InChI=1S/C10H13NO2/c1-8(10(12)13-2)11-9-6-4-3-5-7-9/h3-8,11H,1-2H3/t8-/m0/s1. The summed E-state index contributed by atoms with van der Waals surface area (Å²) in [6, 6.07) is 9.23. The van der Waals surface area contributed by atoms with Gasteiger partial charge in [-0.3, -0.25) is 0 Å². The second kappa shape index (κ2) is 4.50. The summed E-state index contributed by atoms with van der Waals surface area (Å²) >= 11 is 0. The van der Waals surface area contributed by atoms with E-state index in [1.54, 1.807) is 6.92 Å². The molecule has 0 fully saturated rings. The van der Waals surface area contributed by atoms with Crippen LogP contribution in [-0.2, 0) is 9.53 Å². The molecule has 0 saturated carbocycles. The molecule has 0 aliphatic rings. The Morgan fingerprint density at radius 3 is 2.54 bits per heavy atom. The van der Waals surface area contributed by atoms with Crippen LogP contribution in [0.4, 0.5) is 5.69 Å². The second-order valence-corrected chi connectivity index (χ2v) is 2.76. The average molecular weight is 179 g/mol. The van der Waals surface area contributed by atoms with E-state index in [0.29, 0.717) is 0 Å². The molecule has 3 heteroatoms. The van der Waals surface area contributed by atoms with Crippen LogP contribution in [0.15, 0.2) is 30.3 Å². The van der Waals surface area contributed by atoms with E-state index in [0.717, 1.165) is 5.69 Å². The molecule has 0 bridgehead atoms. The average Bonchev–Trinajstić information content (AvgIpc) is 2.18. The van der Waals surface area contributed by atoms with Crippen molar-refractivity contribution in [2.24, 2.45) is 0 Å². The van der Waals surface area contributed by atoms with E-state index in [1.807, 2.05) is 30.3 Å². The van der Waals surface area contributed by atoms with Crippen molar-refractivity contribution in [3.8, 4) is 0 Å². The maximum absolute atomic E-state index is 11.0. The number of hydrogen-bond donors (Lipinski definition) is 1. The van der Waals surface area contributed by atoms with Crippen molar-refractivity contribution in [2.75, 3.05) is 12.4 Å². The normalized spacial score (nSPS) is 11.8. The maximum Gasteiger partial charge on any atom is 0.327 e. The quantitative estimate of drug-likeness (QED) is 0.717. The van der Waals surface area contributed by atoms with Crippen molar-refractivity contribution >= 4 is 11.7 Å². The molecule has 0 aliphatic heterocycles. The number of rotatable bonds is 3. The molecular weight excluding hydrogens is 166 g/mol. The van der Waals surface area contributed by atoms with Gasteiger partial charge in [0.05, 0.1) is 7.11 Å².